The summed E-state index contributed by atoms with van der Waals surface area (Å²) < 4.78 is 62.5. The topological polar surface area (TPSA) is 425 Å². The van der Waals surface area contributed by atoms with Crippen molar-refractivity contribution in [2.75, 3.05) is 42.5 Å². The second kappa shape index (κ2) is 32.9. The Kier molecular flexibility index (Phi) is 21.4. The number of carbonyl (C=O) groups excluding carboxylic acids is 8. The number of halogens is 5. The Morgan fingerprint density at radius 2 is 0.721 bits per heavy atom. The lowest BCUT2D eigenvalue weighted by Gasteiger charge is -2.13. The highest BCUT2D eigenvalue weighted by molar-refractivity contribution is 6.33. The Bertz CT molecular complexity index is 6620. The SMILES string of the molecule is Cc1cc(Nc2cc(NC3CC3)n3ncc(/C=C4\CC(=O)NC4=O)c3n2)c(Cl)cc1F.Cc1cc(Nc2cc(NC3CC3)n3ncc(/C=C4\CC(=O)NC4=O)c3n2)ccc1F.Cc1ccc(F)c(Nc2cc(NC3CC3)n3ncc(/C=C4\CC(=O)NC4=O)c3n2)c1.N#Cc1ccc(F)c(Nc2cc(NC3CC3)n3ncc(/C=C4\CC(=O)NC4=O)c3n2)c1. The standard InChI is InChI=1S/C21H18ClFN6O2.C21H16FN7O2.2C21H19FN6O2/c1-10-4-16(14(22)7-15(10)23)26-17-8-18(25-13-2-3-13)29-20(27-17)12(9-24-29)5-11-6-19(30)28-21(11)31;22-15-4-1-11(9-23)5-16(15)26-17-8-18(25-14-2-3-14)29-20(27-17)13(10-24-29)6-12-7-19(30)28-21(12)31;1-11-2-5-15(22)16(6-11)25-17-9-18(24-14-3-4-14)28-20(26-17)13(10-23-28)7-12-8-19(29)27-21(12)30;1-11-6-15(4-5-16(11)22)24-17-9-18(25-14-2-3-14)28-20(26-17)13(10-23-28)7-12-8-19(29)27-21(12)30/h4-5,7-9,13,25H,2-3,6H2,1H3,(H,26,27)(H,28,30,31);1,4-6,8,10,14,25H,2-3,7H2,(H,26,27)(H,28,30,31);2,5-7,9-10,14,24H,3-4,8H2,1H3,(H,25,26)(H,27,29,30);4-7,9-10,14,25H,2-3,8H2,1H3,(H,24,26)(H,27,29,30)/b11-5+;12-6+;2*12-7+. The summed E-state index contributed by atoms with van der Waals surface area (Å²) in [6.07, 6.45) is 21.4. The van der Waals surface area contributed by atoms with Gasteiger partial charge in [-0.2, -0.15) is 43.7 Å². The quantitative estimate of drug-likeness (QED) is 0.0191. The highest BCUT2D eigenvalue weighted by Gasteiger charge is 2.32. The number of fused-ring (bicyclic) bond motifs is 4. The average Bonchev–Trinajstić information content (AvgIpc) is 1.61. The van der Waals surface area contributed by atoms with Gasteiger partial charge in [-0.3, -0.25) is 59.6 Å². The predicted molar refractivity (Wildman–Crippen MR) is 444 cm³/mol. The van der Waals surface area contributed by atoms with Crippen LogP contribution in [0.3, 0.4) is 0 Å². The number of anilines is 12. The van der Waals surface area contributed by atoms with Crippen LogP contribution >= 0.6 is 11.6 Å². The van der Waals surface area contributed by atoms with E-state index in [1.807, 2.05) is 19.1 Å². The summed E-state index contributed by atoms with van der Waals surface area (Å²) >= 11 is 6.21. The van der Waals surface area contributed by atoms with Crippen LogP contribution in [-0.4, -0.2) is 130 Å². The van der Waals surface area contributed by atoms with E-state index in [4.69, 9.17) is 16.9 Å². The molecule has 8 aliphatic rings. The number of aromatic nitrogens is 12. The number of nitrogens with zero attached hydrogens (tertiary/aromatic N) is 13. The number of hydrogen-bond donors (Lipinski definition) is 12. The van der Waals surface area contributed by atoms with Crippen molar-refractivity contribution in [3.05, 3.63) is 211 Å². The Morgan fingerprint density at radius 3 is 1.06 bits per heavy atom. The molecule has 38 heteroatoms. The maximum Gasteiger partial charge on any atom is 0.254 e. The van der Waals surface area contributed by atoms with Crippen molar-refractivity contribution >= 4 is 175 Å². The third-order valence-corrected chi connectivity index (χ3v) is 20.6. The van der Waals surface area contributed by atoms with Crippen molar-refractivity contribution < 1.29 is 55.9 Å². The van der Waals surface area contributed by atoms with Gasteiger partial charge in [0, 0.05) is 98.7 Å². The fourth-order valence-electron chi connectivity index (χ4n) is 13.4. The zero-order valence-corrected chi connectivity index (χ0v) is 65.8. The third-order valence-electron chi connectivity index (χ3n) is 20.3. The Labute approximate surface area is 694 Å². The molecule has 122 heavy (non-hydrogen) atoms. The van der Waals surface area contributed by atoms with Gasteiger partial charge in [0.25, 0.3) is 23.6 Å². The Hall–Kier alpha value is -15.2. The van der Waals surface area contributed by atoms with Gasteiger partial charge in [0.2, 0.25) is 23.6 Å². The molecule has 0 bridgehead atoms. The van der Waals surface area contributed by atoms with Gasteiger partial charge in [0.05, 0.1) is 84.2 Å². The molecule has 4 aromatic carbocycles. The molecule has 0 unspecified atom stereocenters. The summed E-state index contributed by atoms with van der Waals surface area (Å²) in [6, 6.07) is 27.0. The molecular weight excluding hydrogens is 1600 g/mol. The van der Waals surface area contributed by atoms with Crippen molar-refractivity contribution in [2.45, 2.75) is 122 Å². The van der Waals surface area contributed by atoms with Gasteiger partial charge in [-0.25, -0.2) is 37.5 Å². The molecule has 4 saturated carbocycles. The minimum Gasteiger partial charge on any atom is -0.367 e. The van der Waals surface area contributed by atoms with Gasteiger partial charge in [0.15, 0.2) is 22.6 Å². The molecule has 12 N–H and O–H groups in total. The Balaban J connectivity index is 0.000000116. The maximum absolute atomic E-state index is 14.3. The molecule has 0 atom stereocenters. The summed E-state index contributed by atoms with van der Waals surface area (Å²) in [5.41, 5.74) is 9.67. The van der Waals surface area contributed by atoms with Crippen LogP contribution in [0, 0.1) is 55.4 Å². The first-order valence-corrected chi connectivity index (χ1v) is 39.2. The van der Waals surface area contributed by atoms with E-state index in [-0.39, 0.29) is 77.5 Å². The second-order valence-electron chi connectivity index (χ2n) is 30.4. The minimum absolute atomic E-state index is 0.00649. The molecule has 0 spiro atoms. The summed E-state index contributed by atoms with van der Waals surface area (Å²) in [5.74, 6) is 0.145. The van der Waals surface area contributed by atoms with Crippen LogP contribution in [0.5, 0.6) is 0 Å². The van der Waals surface area contributed by atoms with E-state index in [0.717, 1.165) is 74.4 Å². The van der Waals surface area contributed by atoms with Gasteiger partial charge < -0.3 is 42.5 Å². The first-order chi connectivity index (χ1) is 58.8. The summed E-state index contributed by atoms with van der Waals surface area (Å²) in [6.45, 7) is 5.24. The number of amides is 8. The molecule has 4 aliphatic heterocycles. The monoisotopic (exact) mass is 1670 g/mol. The third kappa shape index (κ3) is 18.1. The first kappa shape index (κ1) is 79.3. The summed E-state index contributed by atoms with van der Waals surface area (Å²) in [5, 5.41) is 61.9. The van der Waals surface area contributed by atoms with Crippen molar-refractivity contribution in [1.82, 2.24) is 79.7 Å². The van der Waals surface area contributed by atoms with Crippen LogP contribution < -0.4 is 63.8 Å². The first-order valence-electron chi connectivity index (χ1n) is 38.9. The van der Waals surface area contributed by atoms with E-state index in [9.17, 15) is 55.9 Å². The maximum atomic E-state index is 14.3. The van der Waals surface area contributed by atoms with Gasteiger partial charge in [0.1, 0.15) is 69.8 Å². The Morgan fingerprint density at radius 1 is 0.393 bits per heavy atom. The second-order valence-corrected chi connectivity index (χ2v) is 30.8. The van der Waals surface area contributed by atoms with Gasteiger partial charge in [-0.05, 0) is 174 Å². The molecule has 33 nitrogen and oxygen atoms in total. The molecule has 4 saturated heterocycles. The molecule has 4 aliphatic carbocycles. The number of imide groups is 4. The van der Waals surface area contributed by atoms with E-state index >= 15 is 0 Å². The van der Waals surface area contributed by atoms with Crippen molar-refractivity contribution in [3.8, 4) is 6.07 Å². The number of benzene rings is 4. The van der Waals surface area contributed by atoms with Crippen LogP contribution in [0.2, 0.25) is 5.02 Å². The number of aryl methyl sites for hydroxylation is 3. The van der Waals surface area contributed by atoms with Crippen molar-refractivity contribution in [1.29, 1.82) is 5.26 Å². The molecule has 8 fully saturated rings. The minimum atomic E-state index is -0.519. The summed E-state index contributed by atoms with van der Waals surface area (Å²) in [4.78, 5) is 112. The lowest BCUT2D eigenvalue weighted by molar-refractivity contribution is -0.125. The fourth-order valence-corrected chi connectivity index (χ4v) is 13.6. The highest BCUT2D eigenvalue weighted by atomic mass is 35.5. The van der Waals surface area contributed by atoms with Crippen LogP contribution in [0.4, 0.5) is 86.9 Å². The smallest absolute Gasteiger partial charge is 0.254 e. The molecule has 0 radical (unpaired) electrons. The molecule has 8 aromatic heterocycles. The molecular formula is C84H72ClF4N25O8. The lowest BCUT2D eigenvalue weighted by atomic mass is 10.1. The van der Waals surface area contributed by atoms with E-state index in [0.29, 0.717) is 154 Å². The van der Waals surface area contributed by atoms with Crippen molar-refractivity contribution in [3.63, 3.8) is 0 Å². The van der Waals surface area contributed by atoms with E-state index in [1.54, 1.807) is 130 Å². The number of nitriles is 1. The zero-order chi connectivity index (χ0) is 84.9. The van der Waals surface area contributed by atoms with Gasteiger partial charge >= 0.3 is 0 Å². The van der Waals surface area contributed by atoms with Crippen LogP contribution in [0.15, 0.2) is 138 Å². The summed E-state index contributed by atoms with van der Waals surface area (Å²) in [7, 11) is 0. The largest absolute Gasteiger partial charge is 0.367 e. The highest BCUT2D eigenvalue weighted by Crippen LogP contribution is 2.37. The normalized spacial score (nSPS) is 17.4. The van der Waals surface area contributed by atoms with Crippen LogP contribution in [-0.2, 0) is 38.4 Å². The molecule has 20 rings (SSSR count). The number of carbonyl (C=O) groups is 8. The van der Waals surface area contributed by atoms with E-state index < -0.39 is 29.4 Å². The predicted octanol–water partition coefficient (Wildman–Crippen LogP) is 11.9. The fraction of sp³-hybridized carbons (Fsp3) is 0.226. The zero-order valence-electron chi connectivity index (χ0n) is 65.0. The molecule has 12 heterocycles. The molecule has 12 aromatic rings. The van der Waals surface area contributed by atoms with Gasteiger partial charge in [-0.1, -0.05) is 17.7 Å². The number of nitrogens with one attached hydrogen (secondary N) is 12. The number of hydrogen-bond acceptors (Lipinski definition) is 25. The van der Waals surface area contributed by atoms with Crippen molar-refractivity contribution in [2.24, 2.45) is 0 Å². The van der Waals surface area contributed by atoms with E-state index in [2.05, 4.69) is 104 Å². The van der Waals surface area contributed by atoms with Gasteiger partial charge in [-0.15, -0.1) is 0 Å². The molecule has 616 valence electrons. The van der Waals surface area contributed by atoms with E-state index in [1.165, 1.54) is 36.4 Å². The lowest BCUT2D eigenvalue weighted by Crippen LogP contribution is -2.19. The van der Waals surface area contributed by atoms with Crippen LogP contribution in [0.1, 0.15) is 122 Å². The average molecular weight is 1670 g/mol. The molecule has 8 amide bonds. The number of rotatable bonds is 20. The van der Waals surface area contributed by atoms with Crippen LogP contribution in [0.25, 0.3) is 46.9 Å².